The summed E-state index contributed by atoms with van der Waals surface area (Å²) in [6.45, 7) is 4.76. The molecule has 0 saturated heterocycles. The Morgan fingerprint density at radius 2 is 2.08 bits per heavy atom. The maximum absolute atomic E-state index is 9.00. The molecule has 0 bridgehead atoms. The number of thioether (sulfide) groups is 1. The molecule has 2 heteroatoms. The molecule has 0 amide bonds. The fourth-order valence-corrected chi connectivity index (χ4v) is 3.70. The summed E-state index contributed by atoms with van der Waals surface area (Å²) in [5, 5.41) is 10.3. The van der Waals surface area contributed by atoms with Gasteiger partial charge in [0, 0.05) is 10.5 Å². The van der Waals surface area contributed by atoms with Crippen molar-refractivity contribution in [2.24, 2.45) is 5.92 Å². The Labute approximate surface area is 86.3 Å². The summed E-state index contributed by atoms with van der Waals surface area (Å²) >= 11 is 2.00. The summed E-state index contributed by atoms with van der Waals surface area (Å²) in [7, 11) is 0. The van der Waals surface area contributed by atoms with Gasteiger partial charge in [0.15, 0.2) is 0 Å². The molecule has 0 aromatic carbocycles. The minimum absolute atomic E-state index is 0.331. The van der Waals surface area contributed by atoms with Crippen LogP contribution < -0.4 is 0 Å². The van der Waals surface area contributed by atoms with Crippen LogP contribution in [0.2, 0.25) is 0 Å². The van der Waals surface area contributed by atoms with Crippen LogP contribution in [0.4, 0.5) is 0 Å². The lowest BCUT2D eigenvalue weighted by Crippen LogP contribution is -2.24. The Morgan fingerprint density at radius 3 is 2.69 bits per heavy atom. The molecular formula is C11H22OS. The Hall–Kier alpha value is 0.310. The number of aliphatic hydroxyl groups excluding tert-OH is 1. The van der Waals surface area contributed by atoms with Crippen molar-refractivity contribution in [1.82, 2.24) is 0 Å². The van der Waals surface area contributed by atoms with Crippen LogP contribution >= 0.6 is 11.8 Å². The number of hydrogen-bond acceptors (Lipinski definition) is 2. The summed E-state index contributed by atoms with van der Waals surface area (Å²) < 4.78 is 0. The van der Waals surface area contributed by atoms with Crippen molar-refractivity contribution in [1.29, 1.82) is 0 Å². The van der Waals surface area contributed by atoms with E-state index in [1.165, 1.54) is 32.1 Å². The molecule has 0 aromatic heterocycles. The number of rotatable bonds is 4. The van der Waals surface area contributed by atoms with Crippen molar-refractivity contribution in [3.05, 3.63) is 0 Å². The standard InChI is InChI=1S/C11H22OS/c1-3-10-6-4-5-7-11(10)13-9(2)8-12/h9-12H,3-8H2,1-2H3. The Balaban J connectivity index is 2.35. The molecule has 78 valence electrons. The van der Waals surface area contributed by atoms with E-state index >= 15 is 0 Å². The highest BCUT2D eigenvalue weighted by Gasteiger charge is 2.25. The Kier molecular flexibility index (Phi) is 5.18. The van der Waals surface area contributed by atoms with E-state index in [-0.39, 0.29) is 0 Å². The van der Waals surface area contributed by atoms with Crippen molar-refractivity contribution in [3.8, 4) is 0 Å². The van der Waals surface area contributed by atoms with E-state index < -0.39 is 0 Å². The summed E-state index contributed by atoms with van der Waals surface area (Å²) in [4.78, 5) is 0. The molecule has 13 heavy (non-hydrogen) atoms. The summed E-state index contributed by atoms with van der Waals surface area (Å²) in [5.74, 6) is 0.910. The minimum Gasteiger partial charge on any atom is -0.395 e. The summed E-state index contributed by atoms with van der Waals surface area (Å²) in [5.41, 5.74) is 0. The average molecular weight is 202 g/mol. The maximum Gasteiger partial charge on any atom is 0.0547 e. The maximum atomic E-state index is 9.00. The zero-order valence-corrected chi connectivity index (χ0v) is 9.65. The molecule has 0 aromatic rings. The second-order valence-corrected chi connectivity index (χ2v) is 5.80. The van der Waals surface area contributed by atoms with Crippen LogP contribution in [-0.2, 0) is 0 Å². The van der Waals surface area contributed by atoms with E-state index in [1.807, 2.05) is 11.8 Å². The van der Waals surface area contributed by atoms with Gasteiger partial charge in [-0.25, -0.2) is 0 Å². The smallest absolute Gasteiger partial charge is 0.0547 e. The predicted molar refractivity (Wildman–Crippen MR) is 60.2 cm³/mol. The predicted octanol–water partition coefficient (Wildman–Crippen LogP) is 3.07. The van der Waals surface area contributed by atoms with Gasteiger partial charge in [0.05, 0.1) is 6.61 Å². The van der Waals surface area contributed by atoms with E-state index in [2.05, 4.69) is 13.8 Å². The lowest BCUT2D eigenvalue weighted by Gasteiger charge is -2.31. The van der Waals surface area contributed by atoms with Gasteiger partial charge in [-0.05, 0) is 18.8 Å². The fourth-order valence-electron chi connectivity index (χ4n) is 2.16. The van der Waals surface area contributed by atoms with Crippen LogP contribution in [0.15, 0.2) is 0 Å². The highest BCUT2D eigenvalue weighted by atomic mass is 32.2. The van der Waals surface area contributed by atoms with Crippen LogP contribution in [0.25, 0.3) is 0 Å². The molecule has 1 N–H and O–H groups in total. The average Bonchev–Trinajstić information content (AvgIpc) is 2.18. The minimum atomic E-state index is 0.331. The lowest BCUT2D eigenvalue weighted by molar-refractivity contribution is 0.297. The van der Waals surface area contributed by atoms with Crippen molar-refractivity contribution in [3.63, 3.8) is 0 Å². The van der Waals surface area contributed by atoms with E-state index in [9.17, 15) is 0 Å². The molecular weight excluding hydrogens is 180 g/mol. The third kappa shape index (κ3) is 3.51. The fraction of sp³-hybridized carbons (Fsp3) is 1.00. The van der Waals surface area contributed by atoms with Gasteiger partial charge in [0.2, 0.25) is 0 Å². The molecule has 0 heterocycles. The van der Waals surface area contributed by atoms with E-state index in [0.717, 1.165) is 11.2 Å². The van der Waals surface area contributed by atoms with Gasteiger partial charge in [-0.3, -0.25) is 0 Å². The van der Waals surface area contributed by atoms with Crippen LogP contribution in [0.5, 0.6) is 0 Å². The summed E-state index contributed by atoms with van der Waals surface area (Å²) in [6.07, 6.45) is 6.91. The largest absolute Gasteiger partial charge is 0.395 e. The molecule has 1 rings (SSSR count). The van der Waals surface area contributed by atoms with Crippen LogP contribution in [0.1, 0.15) is 46.0 Å². The van der Waals surface area contributed by atoms with E-state index in [1.54, 1.807) is 0 Å². The van der Waals surface area contributed by atoms with Crippen molar-refractivity contribution < 1.29 is 5.11 Å². The molecule has 1 aliphatic rings. The zero-order valence-electron chi connectivity index (χ0n) is 8.83. The Bertz CT molecular complexity index is 138. The van der Waals surface area contributed by atoms with Gasteiger partial charge in [0.1, 0.15) is 0 Å². The first-order valence-corrected chi connectivity index (χ1v) is 6.48. The van der Waals surface area contributed by atoms with Crippen molar-refractivity contribution in [2.45, 2.75) is 56.5 Å². The van der Waals surface area contributed by atoms with Crippen LogP contribution in [-0.4, -0.2) is 22.2 Å². The summed E-state index contributed by atoms with van der Waals surface area (Å²) in [6, 6.07) is 0. The Morgan fingerprint density at radius 1 is 1.38 bits per heavy atom. The number of hydrogen-bond donors (Lipinski definition) is 1. The normalized spacial score (nSPS) is 31.6. The molecule has 1 aliphatic carbocycles. The molecule has 0 radical (unpaired) electrons. The first-order chi connectivity index (χ1) is 6.27. The molecule has 1 nitrogen and oxygen atoms in total. The van der Waals surface area contributed by atoms with Crippen molar-refractivity contribution >= 4 is 11.8 Å². The second-order valence-electron chi connectivity index (χ2n) is 4.12. The molecule has 3 atom stereocenters. The quantitative estimate of drug-likeness (QED) is 0.756. The van der Waals surface area contributed by atoms with E-state index in [4.69, 9.17) is 5.11 Å². The van der Waals surface area contributed by atoms with Gasteiger partial charge < -0.3 is 5.11 Å². The van der Waals surface area contributed by atoms with Crippen molar-refractivity contribution in [2.75, 3.05) is 6.61 Å². The van der Waals surface area contributed by atoms with Gasteiger partial charge >= 0.3 is 0 Å². The lowest BCUT2D eigenvalue weighted by atomic mass is 9.87. The van der Waals surface area contributed by atoms with Gasteiger partial charge in [-0.1, -0.05) is 33.1 Å². The first kappa shape index (κ1) is 11.4. The molecule has 0 aliphatic heterocycles. The van der Waals surface area contributed by atoms with Crippen LogP contribution in [0.3, 0.4) is 0 Å². The molecule has 1 saturated carbocycles. The topological polar surface area (TPSA) is 20.2 Å². The first-order valence-electron chi connectivity index (χ1n) is 5.54. The van der Waals surface area contributed by atoms with Gasteiger partial charge in [-0.15, -0.1) is 0 Å². The van der Waals surface area contributed by atoms with E-state index in [0.29, 0.717) is 11.9 Å². The zero-order chi connectivity index (χ0) is 9.68. The second kappa shape index (κ2) is 5.92. The highest BCUT2D eigenvalue weighted by molar-refractivity contribution is 8.00. The molecule has 0 spiro atoms. The third-order valence-electron chi connectivity index (χ3n) is 3.03. The highest BCUT2D eigenvalue weighted by Crippen LogP contribution is 2.36. The molecule has 3 unspecified atom stereocenters. The monoisotopic (exact) mass is 202 g/mol. The third-order valence-corrected chi connectivity index (χ3v) is 4.61. The van der Waals surface area contributed by atoms with Crippen LogP contribution in [0, 0.1) is 5.92 Å². The SMILES string of the molecule is CCC1CCCCC1SC(C)CO. The van der Waals surface area contributed by atoms with Gasteiger partial charge in [-0.2, -0.15) is 11.8 Å². The number of aliphatic hydroxyl groups is 1. The molecule has 1 fully saturated rings. The van der Waals surface area contributed by atoms with Gasteiger partial charge in [0.25, 0.3) is 0 Å².